The number of hydrogen-bond acceptors (Lipinski definition) is 2. The summed E-state index contributed by atoms with van der Waals surface area (Å²) in [5.41, 5.74) is 0. The molecule has 1 fully saturated rings. The number of alkyl halides is 3. The molecule has 0 bridgehead atoms. The summed E-state index contributed by atoms with van der Waals surface area (Å²) in [5, 5.41) is 2.33. The number of hydrogen-bond donors (Lipinski definition) is 1. The van der Waals surface area contributed by atoms with Crippen molar-refractivity contribution in [1.82, 2.24) is 5.32 Å². The summed E-state index contributed by atoms with van der Waals surface area (Å²) in [6, 6.07) is 0. The molecule has 2 atom stereocenters. The number of ether oxygens (including phenoxy) is 1. The Kier molecular flexibility index (Phi) is 5.55. The Morgan fingerprint density at radius 1 is 1.25 bits per heavy atom. The molecule has 5 heteroatoms. The first-order chi connectivity index (χ1) is 7.49. The van der Waals surface area contributed by atoms with Crippen LogP contribution in [0.5, 0.6) is 0 Å². The van der Waals surface area contributed by atoms with Crippen LogP contribution in [0.25, 0.3) is 0 Å². The van der Waals surface area contributed by atoms with Crippen LogP contribution < -0.4 is 5.32 Å². The van der Waals surface area contributed by atoms with Gasteiger partial charge in [0.1, 0.15) is 0 Å². The second-order valence-corrected chi connectivity index (χ2v) is 4.46. The fourth-order valence-electron chi connectivity index (χ4n) is 2.04. The molecule has 0 aromatic rings. The standard InChI is InChI=1S/C11H20F3NO/c1-9-4-2-3-5-10(9)16-7-6-15-8-11(12,13)14/h9-10,15H,2-8H2,1H3. The summed E-state index contributed by atoms with van der Waals surface area (Å²) in [6.07, 6.45) is 0.735. The molecule has 0 amide bonds. The zero-order chi connectivity index (χ0) is 12.0. The second kappa shape index (κ2) is 6.45. The molecule has 0 aromatic carbocycles. The first-order valence-electron chi connectivity index (χ1n) is 5.88. The van der Waals surface area contributed by atoms with Gasteiger partial charge in [0.05, 0.1) is 19.3 Å². The molecule has 1 N–H and O–H groups in total. The molecule has 0 heterocycles. The van der Waals surface area contributed by atoms with Crippen molar-refractivity contribution in [3.63, 3.8) is 0 Å². The van der Waals surface area contributed by atoms with E-state index < -0.39 is 12.7 Å². The van der Waals surface area contributed by atoms with Gasteiger partial charge in [0.2, 0.25) is 0 Å². The Labute approximate surface area is 94.5 Å². The molecule has 0 radical (unpaired) electrons. The molecule has 1 saturated carbocycles. The molecule has 1 rings (SSSR count). The molecule has 0 aromatic heterocycles. The SMILES string of the molecule is CC1CCCCC1OCCNCC(F)(F)F. The van der Waals surface area contributed by atoms with Gasteiger partial charge in [-0.2, -0.15) is 13.2 Å². The van der Waals surface area contributed by atoms with Crippen molar-refractivity contribution >= 4 is 0 Å². The predicted molar refractivity (Wildman–Crippen MR) is 56.3 cm³/mol. The van der Waals surface area contributed by atoms with Gasteiger partial charge in [-0.3, -0.25) is 0 Å². The Morgan fingerprint density at radius 3 is 2.56 bits per heavy atom. The van der Waals surface area contributed by atoms with E-state index >= 15 is 0 Å². The molecule has 2 unspecified atom stereocenters. The lowest BCUT2D eigenvalue weighted by molar-refractivity contribution is -0.125. The monoisotopic (exact) mass is 239 g/mol. The third-order valence-electron chi connectivity index (χ3n) is 2.97. The maximum Gasteiger partial charge on any atom is 0.401 e. The van der Waals surface area contributed by atoms with Crippen molar-refractivity contribution in [3.8, 4) is 0 Å². The highest BCUT2D eigenvalue weighted by molar-refractivity contribution is 4.72. The third kappa shape index (κ3) is 5.70. The van der Waals surface area contributed by atoms with Gasteiger partial charge in [-0.15, -0.1) is 0 Å². The molecule has 0 aliphatic heterocycles. The number of halogens is 3. The second-order valence-electron chi connectivity index (χ2n) is 4.46. The molecule has 16 heavy (non-hydrogen) atoms. The van der Waals surface area contributed by atoms with Gasteiger partial charge in [-0.25, -0.2) is 0 Å². The molecule has 96 valence electrons. The van der Waals surface area contributed by atoms with E-state index in [1.54, 1.807) is 0 Å². The number of nitrogens with one attached hydrogen (secondary N) is 1. The summed E-state index contributed by atoms with van der Waals surface area (Å²) >= 11 is 0. The van der Waals surface area contributed by atoms with Gasteiger partial charge in [-0.05, 0) is 18.8 Å². The van der Waals surface area contributed by atoms with Crippen LogP contribution in [0.2, 0.25) is 0 Å². The Morgan fingerprint density at radius 2 is 1.94 bits per heavy atom. The van der Waals surface area contributed by atoms with E-state index in [9.17, 15) is 13.2 Å². The lowest BCUT2D eigenvalue weighted by atomic mass is 9.88. The topological polar surface area (TPSA) is 21.3 Å². The van der Waals surface area contributed by atoms with Crippen LogP contribution >= 0.6 is 0 Å². The van der Waals surface area contributed by atoms with E-state index in [1.807, 2.05) is 0 Å². The maximum atomic E-state index is 11.8. The van der Waals surface area contributed by atoms with E-state index in [0.717, 1.165) is 6.42 Å². The van der Waals surface area contributed by atoms with Crippen molar-refractivity contribution in [2.24, 2.45) is 5.92 Å². The van der Waals surface area contributed by atoms with Gasteiger partial charge in [0.25, 0.3) is 0 Å². The van der Waals surface area contributed by atoms with Gasteiger partial charge in [0, 0.05) is 6.54 Å². The third-order valence-corrected chi connectivity index (χ3v) is 2.97. The average Bonchev–Trinajstić information content (AvgIpc) is 2.18. The molecule has 2 nitrogen and oxygen atoms in total. The smallest absolute Gasteiger partial charge is 0.377 e. The van der Waals surface area contributed by atoms with Gasteiger partial charge in [0.15, 0.2) is 0 Å². The first-order valence-corrected chi connectivity index (χ1v) is 5.88. The summed E-state index contributed by atoms with van der Waals surface area (Å²) < 4.78 is 41.0. The zero-order valence-electron chi connectivity index (χ0n) is 9.65. The minimum absolute atomic E-state index is 0.237. The minimum atomic E-state index is -4.13. The Hall–Kier alpha value is -0.290. The maximum absolute atomic E-state index is 11.8. The lowest BCUT2D eigenvalue weighted by Gasteiger charge is -2.28. The lowest BCUT2D eigenvalue weighted by Crippen LogP contribution is -2.33. The average molecular weight is 239 g/mol. The van der Waals surface area contributed by atoms with Gasteiger partial charge >= 0.3 is 6.18 Å². The highest BCUT2D eigenvalue weighted by Gasteiger charge is 2.26. The van der Waals surface area contributed by atoms with Gasteiger partial charge < -0.3 is 10.1 Å². The summed E-state index contributed by atoms with van der Waals surface area (Å²) in [4.78, 5) is 0. The minimum Gasteiger partial charge on any atom is -0.377 e. The molecular formula is C11H20F3NO. The van der Waals surface area contributed by atoms with Crippen LogP contribution in [0.1, 0.15) is 32.6 Å². The zero-order valence-corrected chi connectivity index (χ0v) is 9.65. The Bertz CT molecular complexity index is 196. The molecule has 0 spiro atoms. The highest BCUT2D eigenvalue weighted by atomic mass is 19.4. The first kappa shape index (κ1) is 13.8. The molecule has 1 aliphatic rings. The van der Waals surface area contributed by atoms with E-state index in [2.05, 4.69) is 12.2 Å². The number of rotatable bonds is 5. The molecular weight excluding hydrogens is 219 g/mol. The van der Waals surface area contributed by atoms with Crippen LogP contribution in [0, 0.1) is 5.92 Å². The largest absolute Gasteiger partial charge is 0.401 e. The van der Waals surface area contributed by atoms with Gasteiger partial charge in [-0.1, -0.05) is 19.8 Å². The van der Waals surface area contributed by atoms with Crippen molar-refractivity contribution in [2.75, 3.05) is 19.7 Å². The fraction of sp³-hybridized carbons (Fsp3) is 1.00. The van der Waals surface area contributed by atoms with Crippen LogP contribution in [0.3, 0.4) is 0 Å². The van der Waals surface area contributed by atoms with Crippen molar-refractivity contribution in [3.05, 3.63) is 0 Å². The Balaban J connectivity index is 2.02. The summed E-state index contributed by atoms with van der Waals surface area (Å²) in [6.45, 7) is 1.84. The summed E-state index contributed by atoms with van der Waals surface area (Å²) in [7, 11) is 0. The highest BCUT2D eigenvalue weighted by Crippen LogP contribution is 2.25. The van der Waals surface area contributed by atoms with E-state index in [1.165, 1.54) is 19.3 Å². The fourth-order valence-corrected chi connectivity index (χ4v) is 2.04. The van der Waals surface area contributed by atoms with Crippen molar-refractivity contribution in [2.45, 2.75) is 44.9 Å². The van der Waals surface area contributed by atoms with Crippen LogP contribution in [-0.4, -0.2) is 32.0 Å². The van der Waals surface area contributed by atoms with Crippen LogP contribution in [-0.2, 0) is 4.74 Å². The van der Waals surface area contributed by atoms with Crippen LogP contribution in [0.4, 0.5) is 13.2 Å². The van der Waals surface area contributed by atoms with E-state index in [-0.39, 0.29) is 12.6 Å². The quantitative estimate of drug-likeness (QED) is 0.745. The predicted octanol–water partition coefficient (Wildman–Crippen LogP) is 2.73. The van der Waals surface area contributed by atoms with E-state index in [0.29, 0.717) is 12.5 Å². The molecule has 0 saturated heterocycles. The molecule has 1 aliphatic carbocycles. The normalized spacial score (nSPS) is 27.0. The van der Waals surface area contributed by atoms with Crippen LogP contribution in [0.15, 0.2) is 0 Å². The van der Waals surface area contributed by atoms with E-state index in [4.69, 9.17) is 4.74 Å². The summed E-state index contributed by atoms with van der Waals surface area (Å²) in [5.74, 6) is 0.538. The van der Waals surface area contributed by atoms with Crippen molar-refractivity contribution < 1.29 is 17.9 Å². The van der Waals surface area contributed by atoms with Crippen molar-refractivity contribution in [1.29, 1.82) is 0 Å².